The van der Waals surface area contributed by atoms with Crippen LogP contribution in [0.25, 0.3) is 0 Å². The summed E-state index contributed by atoms with van der Waals surface area (Å²) < 4.78 is 5.90. The highest BCUT2D eigenvalue weighted by atomic mass is 16.5. The molecule has 0 aliphatic carbocycles. The molecule has 0 spiro atoms. The largest absolute Gasteiger partial charge is 0.474 e. The molecular formula is C22H27N3O3. The van der Waals surface area contributed by atoms with E-state index in [1.54, 1.807) is 30.5 Å². The van der Waals surface area contributed by atoms with E-state index < -0.39 is 0 Å². The first-order chi connectivity index (χ1) is 13.5. The zero-order valence-electron chi connectivity index (χ0n) is 16.5. The normalized spacial score (nSPS) is 15.2. The maximum atomic E-state index is 12.2. The van der Waals surface area contributed by atoms with Crippen molar-refractivity contribution in [2.75, 3.05) is 25.5 Å². The number of anilines is 1. The number of aromatic nitrogens is 1. The van der Waals surface area contributed by atoms with Crippen molar-refractivity contribution < 1.29 is 14.3 Å². The third kappa shape index (κ3) is 5.89. The first-order valence-electron chi connectivity index (χ1n) is 9.70. The molecule has 2 aromatic rings. The Hall–Kier alpha value is -2.73. The molecule has 1 fully saturated rings. The van der Waals surface area contributed by atoms with Gasteiger partial charge in [0.15, 0.2) is 5.78 Å². The zero-order chi connectivity index (χ0) is 19.9. The number of nitrogens with zero attached hydrogens (tertiary/aromatic N) is 2. The number of hydrogen-bond donors (Lipinski definition) is 1. The van der Waals surface area contributed by atoms with E-state index in [-0.39, 0.29) is 30.6 Å². The van der Waals surface area contributed by atoms with Crippen LogP contribution in [0, 0.1) is 6.92 Å². The molecule has 3 rings (SSSR count). The number of amides is 1. The molecule has 148 valence electrons. The van der Waals surface area contributed by atoms with Crippen LogP contribution in [0.3, 0.4) is 0 Å². The predicted molar refractivity (Wildman–Crippen MR) is 109 cm³/mol. The number of likely N-dealkylation sites (tertiary alicyclic amines) is 1. The van der Waals surface area contributed by atoms with Crippen LogP contribution < -0.4 is 10.1 Å². The second-order valence-corrected chi connectivity index (χ2v) is 7.34. The lowest BCUT2D eigenvalue weighted by Crippen LogP contribution is -2.35. The second-order valence-electron chi connectivity index (χ2n) is 7.34. The van der Waals surface area contributed by atoms with Crippen LogP contribution in [-0.2, 0) is 4.79 Å². The Morgan fingerprint density at radius 1 is 1.11 bits per heavy atom. The quantitative estimate of drug-likeness (QED) is 0.744. The van der Waals surface area contributed by atoms with E-state index in [1.165, 1.54) is 0 Å². The van der Waals surface area contributed by atoms with Gasteiger partial charge in [0.05, 0.1) is 11.9 Å². The molecule has 0 radical (unpaired) electrons. The Morgan fingerprint density at radius 3 is 2.46 bits per heavy atom. The highest BCUT2D eigenvalue weighted by Crippen LogP contribution is 2.18. The van der Waals surface area contributed by atoms with Crippen LogP contribution >= 0.6 is 0 Å². The average Bonchev–Trinajstić information content (AvgIpc) is 2.70. The third-order valence-corrected chi connectivity index (χ3v) is 4.93. The van der Waals surface area contributed by atoms with Gasteiger partial charge in [-0.25, -0.2) is 4.98 Å². The Balaban J connectivity index is 1.43. The third-order valence-electron chi connectivity index (χ3n) is 4.93. The van der Waals surface area contributed by atoms with Gasteiger partial charge in [0, 0.05) is 37.6 Å². The summed E-state index contributed by atoms with van der Waals surface area (Å²) in [5.41, 5.74) is 2.34. The molecule has 6 nitrogen and oxygen atoms in total. The van der Waals surface area contributed by atoms with Crippen molar-refractivity contribution in [3.63, 3.8) is 0 Å². The summed E-state index contributed by atoms with van der Waals surface area (Å²) in [6, 6.07) is 10.9. The van der Waals surface area contributed by atoms with Crippen LogP contribution in [-0.4, -0.2) is 47.8 Å². The highest BCUT2D eigenvalue weighted by molar-refractivity contribution is 5.99. The first-order valence-corrected chi connectivity index (χ1v) is 9.70. The van der Waals surface area contributed by atoms with Crippen LogP contribution in [0.4, 0.5) is 5.69 Å². The highest BCUT2D eigenvalue weighted by Gasteiger charge is 2.18. The van der Waals surface area contributed by atoms with E-state index in [0.717, 1.165) is 31.5 Å². The fourth-order valence-electron chi connectivity index (χ4n) is 3.13. The lowest BCUT2D eigenvalue weighted by Gasteiger charge is -2.28. The van der Waals surface area contributed by atoms with E-state index in [0.29, 0.717) is 17.1 Å². The summed E-state index contributed by atoms with van der Waals surface area (Å²) in [5, 5.41) is 2.78. The predicted octanol–water partition coefficient (Wildman–Crippen LogP) is 3.46. The molecule has 1 aromatic heterocycles. The van der Waals surface area contributed by atoms with Crippen LogP contribution in [0.15, 0.2) is 42.6 Å². The van der Waals surface area contributed by atoms with Crippen molar-refractivity contribution in [1.82, 2.24) is 9.88 Å². The van der Waals surface area contributed by atoms with Crippen LogP contribution in [0.5, 0.6) is 5.88 Å². The summed E-state index contributed by atoms with van der Waals surface area (Å²) >= 11 is 0. The number of piperidine rings is 1. The molecular weight excluding hydrogens is 354 g/mol. The van der Waals surface area contributed by atoms with Crippen molar-refractivity contribution in [1.29, 1.82) is 0 Å². The van der Waals surface area contributed by atoms with Gasteiger partial charge < -0.3 is 15.0 Å². The molecule has 1 aliphatic rings. The summed E-state index contributed by atoms with van der Waals surface area (Å²) in [6.45, 7) is 4.03. The maximum absolute atomic E-state index is 12.2. The number of hydrogen-bond acceptors (Lipinski definition) is 5. The van der Waals surface area contributed by atoms with Crippen molar-refractivity contribution in [2.45, 2.75) is 38.7 Å². The molecule has 28 heavy (non-hydrogen) atoms. The summed E-state index contributed by atoms with van der Waals surface area (Å²) in [5.74, 6) is 0.337. The second kappa shape index (κ2) is 9.46. The van der Waals surface area contributed by atoms with Crippen molar-refractivity contribution >= 4 is 17.4 Å². The molecule has 1 N–H and O–H groups in total. The van der Waals surface area contributed by atoms with Gasteiger partial charge in [-0.3, -0.25) is 9.59 Å². The van der Waals surface area contributed by atoms with Gasteiger partial charge in [-0.15, -0.1) is 0 Å². The number of nitrogens with one attached hydrogen (secondary N) is 1. The number of Topliss-reactive ketones (excluding diaryl/α,β-unsaturated/α-hetero) is 1. The molecule has 0 bridgehead atoms. The lowest BCUT2D eigenvalue weighted by atomic mass is 10.0. The first kappa shape index (κ1) is 20.0. The zero-order valence-corrected chi connectivity index (χ0v) is 16.5. The lowest BCUT2D eigenvalue weighted by molar-refractivity contribution is -0.116. The van der Waals surface area contributed by atoms with E-state index in [2.05, 4.69) is 22.2 Å². The molecule has 1 saturated heterocycles. The monoisotopic (exact) mass is 381 g/mol. The molecule has 1 aromatic carbocycles. The minimum absolute atomic E-state index is 0.0323. The Labute approximate surface area is 165 Å². The van der Waals surface area contributed by atoms with Gasteiger partial charge in [0.1, 0.15) is 6.10 Å². The Kier molecular flexibility index (Phi) is 6.76. The van der Waals surface area contributed by atoms with Crippen LogP contribution in [0.2, 0.25) is 0 Å². The molecule has 2 heterocycles. The summed E-state index contributed by atoms with van der Waals surface area (Å²) in [4.78, 5) is 30.8. The number of ether oxygens (including phenoxy) is 1. The topological polar surface area (TPSA) is 71.5 Å². The standard InChI is InChI=1S/C22H27N3O3/c1-16-3-5-17(6-4-16)20(26)8-9-21(27)24-18-7-10-22(23-15-18)28-19-11-13-25(2)14-12-19/h3-7,10,15,19H,8-9,11-14H2,1-2H3,(H,24,27). The minimum Gasteiger partial charge on any atom is -0.474 e. The molecule has 0 atom stereocenters. The maximum Gasteiger partial charge on any atom is 0.224 e. The van der Waals surface area contributed by atoms with E-state index in [4.69, 9.17) is 4.74 Å². The number of carbonyl (C=O) groups is 2. The van der Waals surface area contributed by atoms with Gasteiger partial charge in [-0.2, -0.15) is 0 Å². The van der Waals surface area contributed by atoms with E-state index >= 15 is 0 Å². The average molecular weight is 381 g/mol. The van der Waals surface area contributed by atoms with E-state index in [9.17, 15) is 9.59 Å². The van der Waals surface area contributed by atoms with Gasteiger partial charge >= 0.3 is 0 Å². The van der Waals surface area contributed by atoms with Gasteiger partial charge in [-0.1, -0.05) is 29.8 Å². The Morgan fingerprint density at radius 2 is 1.82 bits per heavy atom. The number of carbonyl (C=O) groups excluding carboxylic acids is 2. The van der Waals surface area contributed by atoms with Crippen molar-refractivity contribution in [3.8, 4) is 5.88 Å². The van der Waals surface area contributed by atoms with E-state index in [1.807, 2.05) is 19.1 Å². The fraction of sp³-hybridized carbons (Fsp3) is 0.409. The summed E-state index contributed by atoms with van der Waals surface area (Å²) in [6.07, 6.45) is 4.08. The minimum atomic E-state index is -0.203. The number of rotatable bonds is 7. The fourth-order valence-corrected chi connectivity index (χ4v) is 3.13. The number of ketones is 1. The summed E-state index contributed by atoms with van der Waals surface area (Å²) in [7, 11) is 2.11. The number of aryl methyl sites for hydroxylation is 1. The number of pyridine rings is 1. The van der Waals surface area contributed by atoms with Gasteiger partial charge in [-0.05, 0) is 32.9 Å². The van der Waals surface area contributed by atoms with Gasteiger partial charge in [0.25, 0.3) is 0 Å². The molecule has 0 saturated carbocycles. The van der Waals surface area contributed by atoms with Crippen molar-refractivity contribution in [2.24, 2.45) is 0 Å². The Bertz CT molecular complexity index is 795. The SMILES string of the molecule is Cc1ccc(C(=O)CCC(=O)Nc2ccc(OC3CCN(C)CC3)nc2)cc1. The molecule has 1 aliphatic heterocycles. The molecule has 6 heteroatoms. The van der Waals surface area contributed by atoms with Crippen molar-refractivity contribution in [3.05, 3.63) is 53.7 Å². The van der Waals surface area contributed by atoms with Crippen LogP contribution in [0.1, 0.15) is 41.6 Å². The molecule has 0 unspecified atom stereocenters. The van der Waals surface area contributed by atoms with Gasteiger partial charge in [0.2, 0.25) is 11.8 Å². The molecule has 1 amide bonds. The smallest absolute Gasteiger partial charge is 0.224 e. The number of benzene rings is 1.